The van der Waals surface area contributed by atoms with Crippen LogP contribution in [-0.2, 0) is 4.79 Å². The molecule has 0 radical (unpaired) electrons. The van der Waals surface area contributed by atoms with E-state index in [1.807, 2.05) is 11.9 Å². The van der Waals surface area contributed by atoms with Gasteiger partial charge in [-0.25, -0.2) is 0 Å². The van der Waals surface area contributed by atoms with Gasteiger partial charge in [-0.15, -0.1) is 0 Å². The molecule has 1 unspecified atom stereocenters. The Hall–Kier alpha value is -0.570. The van der Waals surface area contributed by atoms with Crippen LogP contribution in [0.1, 0.15) is 26.7 Å². The maximum absolute atomic E-state index is 11.3. The monoisotopic (exact) mass is 212 g/mol. The lowest BCUT2D eigenvalue weighted by molar-refractivity contribution is -0.126. The molecule has 88 valence electrons. The van der Waals surface area contributed by atoms with E-state index in [0.717, 1.165) is 38.4 Å². The summed E-state index contributed by atoms with van der Waals surface area (Å²) in [6.07, 6.45) is 1.91. The molecule has 0 aromatic heterocycles. The van der Waals surface area contributed by atoms with Crippen LogP contribution >= 0.6 is 0 Å². The SMILES string of the molecule is CC(C)CN(C)CCC1CC(=O)N(C)C1. The lowest BCUT2D eigenvalue weighted by atomic mass is 10.0. The molecule has 1 aliphatic rings. The van der Waals surface area contributed by atoms with Gasteiger partial charge in [0.2, 0.25) is 5.91 Å². The summed E-state index contributed by atoms with van der Waals surface area (Å²) < 4.78 is 0. The Bertz CT molecular complexity index is 216. The summed E-state index contributed by atoms with van der Waals surface area (Å²) in [5, 5.41) is 0. The highest BCUT2D eigenvalue weighted by atomic mass is 16.2. The maximum Gasteiger partial charge on any atom is 0.222 e. The van der Waals surface area contributed by atoms with Crippen molar-refractivity contribution in [3.63, 3.8) is 0 Å². The fourth-order valence-corrected chi connectivity index (χ4v) is 2.27. The van der Waals surface area contributed by atoms with Crippen molar-refractivity contribution in [3.05, 3.63) is 0 Å². The van der Waals surface area contributed by atoms with Gasteiger partial charge in [0, 0.05) is 26.6 Å². The molecule has 0 spiro atoms. The third kappa shape index (κ3) is 4.20. The summed E-state index contributed by atoms with van der Waals surface area (Å²) in [7, 11) is 4.07. The molecular weight excluding hydrogens is 188 g/mol. The van der Waals surface area contributed by atoms with Crippen LogP contribution in [0.5, 0.6) is 0 Å². The van der Waals surface area contributed by atoms with E-state index in [2.05, 4.69) is 25.8 Å². The molecule has 15 heavy (non-hydrogen) atoms. The molecule has 0 bridgehead atoms. The molecule has 1 fully saturated rings. The Balaban J connectivity index is 2.18. The molecule has 1 atom stereocenters. The third-order valence-electron chi connectivity index (χ3n) is 3.02. The largest absolute Gasteiger partial charge is 0.345 e. The smallest absolute Gasteiger partial charge is 0.222 e. The summed E-state index contributed by atoms with van der Waals surface area (Å²) in [5.41, 5.74) is 0. The van der Waals surface area contributed by atoms with Gasteiger partial charge in [-0.1, -0.05) is 13.8 Å². The number of rotatable bonds is 5. The second-order valence-corrected chi connectivity index (χ2v) is 5.29. The quantitative estimate of drug-likeness (QED) is 0.688. The topological polar surface area (TPSA) is 23.6 Å². The van der Waals surface area contributed by atoms with E-state index in [1.165, 1.54) is 0 Å². The van der Waals surface area contributed by atoms with Gasteiger partial charge in [0.15, 0.2) is 0 Å². The van der Waals surface area contributed by atoms with Gasteiger partial charge in [0.25, 0.3) is 0 Å². The van der Waals surface area contributed by atoms with Gasteiger partial charge in [0.1, 0.15) is 0 Å². The van der Waals surface area contributed by atoms with Crippen molar-refractivity contribution in [2.24, 2.45) is 11.8 Å². The number of nitrogens with zero attached hydrogens (tertiary/aromatic N) is 2. The Labute approximate surface area is 93.4 Å². The number of hydrogen-bond acceptors (Lipinski definition) is 2. The minimum absolute atomic E-state index is 0.312. The lowest BCUT2D eigenvalue weighted by Gasteiger charge is -2.20. The van der Waals surface area contributed by atoms with Crippen molar-refractivity contribution in [1.29, 1.82) is 0 Å². The van der Waals surface area contributed by atoms with Gasteiger partial charge < -0.3 is 9.80 Å². The highest BCUT2D eigenvalue weighted by Crippen LogP contribution is 2.19. The molecule has 0 N–H and O–H groups in total. The number of carbonyl (C=O) groups is 1. The minimum atomic E-state index is 0.312. The van der Waals surface area contributed by atoms with Crippen molar-refractivity contribution >= 4 is 5.91 Å². The van der Waals surface area contributed by atoms with Crippen molar-refractivity contribution in [2.45, 2.75) is 26.7 Å². The second-order valence-electron chi connectivity index (χ2n) is 5.29. The first-order chi connectivity index (χ1) is 6.99. The third-order valence-corrected chi connectivity index (χ3v) is 3.02. The van der Waals surface area contributed by atoms with Gasteiger partial charge in [-0.2, -0.15) is 0 Å². The fourth-order valence-electron chi connectivity index (χ4n) is 2.27. The molecule has 0 aliphatic carbocycles. The van der Waals surface area contributed by atoms with E-state index in [0.29, 0.717) is 11.8 Å². The lowest BCUT2D eigenvalue weighted by Crippen LogP contribution is -2.26. The zero-order valence-corrected chi connectivity index (χ0v) is 10.5. The fraction of sp³-hybridized carbons (Fsp3) is 0.917. The molecule has 1 amide bonds. The molecule has 1 aliphatic heterocycles. The summed E-state index contributed by atoms with van der Waals surface area (Å²) in [6.45, 7) is 7.70. The molecule has 0 saturated carbocycles. The van der Waals surface area contributed by atoms with Crippen molar-refractivity contribution < 1.29 is 4.79 Å². The number of amides is 1. The zero-order valence-electron chi connectivity index (χ0n) is 10.5. The van der Waals surface area contributed by atoms with Crippen LogP contribution in [0.15, 0.2) is 0 Å². The molecular formula is C12H24N2O. The summed E-state index contributed by atoms with van der Waals surface area (Å²) in [4.78, 5) is 15.5. The van der Waals surface area contributed by atoms with Crippen molar-refractivity contribution in [2.75, 3.05) is 33.7 Å². The second kappa shape index (κ2) is 5.50. The normalized spacial score (nSPS) is 22.1. The van der Waals surface area contributed by atoms with Gasteiger partial charge in [-0.05, 0) is 31.8 Å². The summed E-state index contributed by atoms with van der Waals surface area (Å²) >= 11 is 0. The molecule has 1 rings (SSSR count). The summed E-state index contributed by atoms with van der Waals surface area (Å²) in [6, 6.07) is 0. The Kier molecular flexibility index (Phi) is 4.58. The number of carbonyl (C=O) groups excluding carboxylic acids is 1. The van der Waals surface area contributed by atoms with Crippen LogP contribution in [0.3, 0.4) is 0 Å². The van der Waals surface area contributed by atoms with Crippen molar-refractivity contribution in [1.82, 2.24) is 9.80 Å². The van der Waals surface area contributed by atoms with Crippen molar-refractivity contribution in [3.8, 4) is 0 Å². The van der Waals surface area contributed by atoms with E-state index in [9.17, 15) is 4.79 Å². The Morgan fingerprint density at radius 3 is 2.67 bits per heavy atom. The number of hydrogen-bond donors (Lipinski definition) is 0. The predicted octanol–water partition coefficient (Wildman–Crippen LogP) is 1.44. The van der Waals surface area contributed by atoms with Crippen LogP contribution in [-0.4, -0.2) is 49.4 Å². The molecule has 1 saturated heterocycles. The van der Waals surface area contributed by atoms with Crippen LogP contribution in [0.2, 0.25) is 0 Å². The Morgan fingerprint density at radius 1 is 1.53 bits per heavy atom. The van der Waals surface area contributed by atoms with Crippen LogP contribution in [0.4, 0.5) is 0 Å². The van der Waals surface area contributed by atoms with Crippen LogP contribution in [0, 0.1) is 11.8 Å². The van der Waals surface area contributed by atoms with E-state index in [4.69, 9.17) is 0 Å². The first-order valence-electron chi connectivity index (χ1n) is 5.91. The van der Waals surface area contributed by atoms with Gasteiger partial charge in [-0.3, -0.25) is 4.79 Å². The average molecular weight is 212 g/mol. The first kappa shape index (κ1) is 12.5. The van der Waals surface area contributed by atoms with E-state index in [-0.39, 0.29) is 0 Å². The van der Waals surface area contributed by atoms with Gasteiger partial charge >= 0.3 is 0 Å². The molecule has 0 aromatic rings. The van der Waals surface area contributed by atoms with E-state index >= 15 is 0 Å². The molecule has 1 heterocycles. The molecule has 3 heteroatoms. The van der Waals surface area contributed by atoms with E-state index < -0.39 is 0 Å². The van der Waals surface area contributed by atoms with E-state index in [1.54, 1.807) is 0 Å². The average Bonchev–Trinajstić information content (AvgIpc) is 2.42. The zero-order chi connectivity index (χ0) is 11.4. The minimum Gasteiger partial charge on any atom is -0.345 e. The highest BCUT2D eigenvalue weighted by Gasteiger charge is 2.26. The maximum atomic E-state index is 11.3. The van der Waals surface area contributed by atoms with Gasteiger partial charge in [0.05, 0.1) is 0 Å². The van der Waals surface area contributed by atoms with Crippen LogP contribution in [0.25, 0.3) is 0 Å². The highest BCUT2D eigenvalue weighted by molar-refractivity contribution is 5.78. The molecule has 0 aromatic carbocycles. The number of likely N-dealkylation sites (tertiary alicyclic amines) is 1. The van der Waals surface area contributed by atoms with Crippen LogP contribution < -0.4 is 0 Å². The predicted molar refractivity (Wildman–Crippen MR) is 62.7 cm³/mol. The standard InChI is InChI=1S/C12H24N2O/c1-10(2)8-13(3)6-5-11-7-12(15)14(4)9-11/h10-11H,5-9H2,1-4H3. The molecule has 3 nitrogen and oxygen atoms in total. The first-order valence-corrected chi connectivity index (χ1v) is 5.91. The Morgan fingerprint density at radius 2 is 2.20 bits per heavy atom. The summed E-state index contributed by atoms with van der Waals surface area (Å²) in [5.74, 6) is 1.62.